The van der Waals surface area contributed by atoms with Crippen LogP contribution in [0.5, 0.6) is 0 Å². The quantitative estimate of drug-likeness (QED) is 0.488. The van der Waals surface area contributed by atoms with Gasteiger partial charge in [-0.15, -0.1) is 0 Å². The first-order chi connectivity index (χ1) is 9.17. The zero-order valence-corrected chi connectivity index (χ0v) is 11.7. The van der Waals surface area contributed by atoms with Crippen molar-refractivity contribution in [1.29, 1.82) is 0 Å². The standard InChI is InChI=1S/C12H15ClN2O3S/c13-10-3-1-9(2-4-10)8-19-15-11(7-17)12(18)14-5-6-16/h1-4,6,11,15,17H,5,7-8H2,(H,14,18). The number of amides is 1. The van der Waals surface area contributed by atoms with Gasteiger partial charge in [0.2, 0.25) is 5.91 Å². The van der Waals surface area contributed by atoms with E-state index in [0.29, 0.717) is 17.1 Å². The molecule has 104 valence electrons. The average molecular weight is 303 g/mol. The highest BCUT2D eigenvalue weighted by Crippen LogP contribution is 2.14. The van der Waals surface area contributed by atoms with Crippen LogP contribution in [0.15, 0.2) is 24.3 Å². The number of nitrogens with one attached hydrogen (secondary N) is 2. The molecule has 0 aromatic heterocycles. The Hall–Kier alpha value is -1.08. The highest BCUT2D eigenvalue weighted by molar-refractivity contribution is 7.96. The van der Waals surface area contributed by atoms with Crippen molar-refractivity contribution in [1.82, 2.24) is 10.0 Å². The fourth-order valence-corrected chi connectivity index (χ4v) is 2.20. The summed E-state index contributed by atoms with van der Waals surface area (Å²) in [5.41, 5.74) is 1.05. The third-order valence-electron chi connectivity index (χ3n) is 2.24. The van der Waals surface area contributed by atoms with Gasteiger partial charge in [0.05, 0.1) is 13.2 Å². The van der Waals surface area contributed by atoms with Gasteiger partial charge in [0.1, 0.15) is 12.3 Å². The second-order valence-electron chi connectivity index (χ2n) is 3.68. The molecule has 7 heteroatoms. The van der Waals surface area contributed by atoms with Crippen molar-refractivity contribution < 1.29 is 14.7 Å². The van der Waals surface area contributed by atoms with Crippen molar-refractivity contribution in [3.05, 3.63) is 34.9 Å². The Bertz CT molecular complexity index is 414. The molecular formula is C12H15ClN2O3S. The molecule has 0 saturated heterocycles. The van der Waals surface area contributed by atoms with Crippen LogP contribution >= 0.6 is 23.5 Å². The fraction of sp³-hybridized carbons (Fsp3) is 0.333. The van der Waals surface area contributed by atoms with Crippen LogP contribution in [0.1, 0.15) is 5.56 Å². The van der Waals surface area contributed by atoms with E-state index in [-0.39, 0.29) is 13.2 Å². The summed E-state index contributed by atoms with van der Waals surface area (Å²) in [5.74, 6) is 0.229. The molecule has 0 spiro atoms. The number of aliphatic hydroxyl groups is 1. The van der Waals surface area contributed by atoms with Gasteiger partial charge in [0, 0.05) is 10.8 Å². The second kappa shape index (κ2) is 8.92. The number of hydrogen-bond donors (Lipinski definition) is 3. The van der Waals surface area contributed by atoms with E-state index in [0.717, 1.165) is 5.56 Å². The van der Waals surface area contributed by atoms with Crippen molar-refractivity contribution in [2.24, 2.45) is 0 Å². The van der Waals surface area contributed by atoms with Gasteiger partial charge >= 0.3 is 0 Å². The molecule has 0 bridgehead atoms. The molecule has 19 heavy (non-hydrogen) atoms. The number of aliphatic hydroxyl groups excluding tert-OH is 1. The van der Waals surface area contributed by atoms with Gasteiger partial charge in [-0.2, -0.15) is 0 Å². The van der Waals surface area contributed by atoms with E-state index in [1.165, 1.54) is 11.9 Å². The summed E-state index contributed by atoms with van der Waals surface area (Å²) in [5, 5.41) is 12.1. The maximum absolute atomic E-state index is 11.5. The molecule has 5 nitrogen and oxygen atoms in total. The molecule has 0 aliphatic carbocycles. The lowest BCUT2D eigenvalue weighted by Crippen LogP contribution is -2.44. The van der Waals surface area contributed by atoms with E-state index >= 15 is 0 Å². The highest BCUT2D eigenvalue weighted by atomic mass is 35.5. The SMILES string of the molecule is O=CCNC(=O)C(CO)NSCc1ccc(Cl)cc1. The number of carbonyl (C=O) groups is 2. The van der Waals surface area contributed by atoms with Crippen LogP contribution in [0.3, 0.4) is 0 Å². The molecule has 0 fully saturated rings. The van der Waals surface area contributed by atoms with Crippen molar-refractivity contribution in [2.75, 3.05) is 13.2 Å². The van der Waals surface area contributed by atoms with E-state index in [1.54, 1.807) is 12.1 Å². The summed E-state index contributed by atoms with van der Waals surface area (Å²) >= 11 is 7.08. The van der Waals surface area contributed by atoms with Gasteiger partial charge in [-0.05, 0) is 17.7 Å². The van der Waals surface area contributed by atoms with Gasteiger partial charge in [-0.1, -0.05) is 35.7 Å². The van der Waals surface area contributed by atoms with E-state index < -0.39 is 11.9 Å². The Morgan fingerprint density at radius 1 is 1.42 bits per heavy atom. The minimum absolute atomic E-state index is 0.0567. The number of hydrogen-bond acceptors (Lipinski definition) is 5. The van der Waals surface area contributed by atoms with E-state index in [4.69, 9.17) is 16.7 Å². The number of aldehydes is 1. The lowest BCUT2D eigenvalue weighted by molar-refractivity contribution is -0.124. The predicted molar refractivity (Wildman–Crippen MR) is 75.8 cm³/mol. The monoisotopic (exact) mass is 302 g/mol. The third-order valence-corrected chi connectivity index (χ3v) is 3.42. The smallest absolute Gasteiger partial charge is 0.240 e. The minimum atomic E-state index is -0.739. The molecule has 0 aliphatic rings. The average Bonchev–Trinajstić information content (AvgIpc) is 2.43. The van der Waals surface area contributed by atoms with Gasteiger partial charge in [-0.3, -0.25) is 4.79 Å². The van der Waals surface area contributed by atoms with Crippen LogP contribution in [0, 0.1) is 0 Å². The maximum atomic E-state index is 11.5. The Morgan fingerprint density at radius 2 is 2.11 bits per heavy atom. The molecule has 0 heterocycles. The third kappa shape index (κ3) is 6.07. The first kappa shape index (κ1) is 16.0. The minimum Gasteiger partial charge on any atom is -0.394 e. The van der Waals surface area contributed by atoms with Crippen LogP contribution in [-0.4, -0.2) is 36.5 Å². The normalized spacial score (nSPS) is 11.9. The van der Waals surface area contributed by atoms with E-state index in [1.807, 2.05) is 12.1 Å². The molecule has 0 saturated carbocycles. The Morgan fingerprint density at radius 3 is 2.68 bits per heavy atom. The lowest BCUT2D eigenvalue weighted by atomic mass is 10.2. The molecule has 1 aromatic carbocycles. The molecule has 1 amide bonds. The molecule has 1 unspecified atom stereocenters. The molecule has 3 N–H and O–H groups in total. The topological polar surface area (TPSA) is 78.4 Å². The maximum Gasteiger partial charge on any atom is 0.240 e. The number of carbonyl (C=O) groups excluding carboxylic acids is 2. The summed E-state index contributed by atoms with van der Waals surface area (Å²) < 4.78 is 2.85. The number of halogens is 1. The Labute approximate surface area is 120 Å². The van der Waals surface area contributed by atoms with Crippen LogP contribution in [-0.2, 0) is 15.3 Å². The van der Waals surface area contributed by atoms with E-state index in [2.05, 4.69) is 10.0 Å². The van der Waals surface area contributed by atoms with Crippen molar-refractivity contribution in [3.63, 3.8) is 0 Å². The summed E-state index contributed by atoms with van der Waals surface area (Å²) in [7, 11) is 0. The molecule has 1 aromatic rings. The zero-order valence-electron chi connectivity index (χ0n) is 10.1. The van der Waals surface area contributed by atoms with Gasteiger partial charge in [0.25, 0.3) is 0 Å². The van der Waals surface area contributed by atoms with Crippen molar-refractivity contribution in [2.45, 2.75) is 11.8 Å². The highest BCUT2D eigenvalue weighted by Gasteiger charge is 2.16. The largest absolute Gasteiger partial charge is 0.394 e. The molecule has 1 rings (SSSR count). The van der Waals surface area contributed by atoms with E-state index in [9.17, 15) is 9.59 Å². The van der Waals surface area contributed by atoms with Crippen LogP contribution < -0.4 is 10.0 Å². The first-order valence-corrected chi connectivity index (χ1v) is 6.97. The fourth-order valence-electron chi connectivity index (χ4n) is 1.25. The summed E-state index contributed by atoms with van der Waals surface area (Å²) in [6.45, 7) is -0.392. The molecule has 1 atom stereocenters. The second-order valence-corrected chi connectivity index (χ2v) is 4.93. The predicted octanol–water partition coefficient (Wildman–Crippen LogP) is 0.754. The van der Waals surface area contributed by atoms with Crippen molar-refractivity contribution in [3.8, 4) is 0 Å². The van der Waals surface area contributed by atoms with Gasteiger partial charge in [-0.25, -0.2) is 4.72 Å². The van der Waals surface area contributed by atoms with Gasteiger partial charge in [0.15, 0.2) is 0 Å². The Balaban J connectivity index is 2.34. The van der Waals surface area contributed by atoms with Crippen LogP contribution in [0.25, 0.3) is 0 Å². The molecular weight excluding hydrogens is 288 g/mol. The molecule has 0 aliphatic heterocycles. The number of rotatable bonds is 8. The van der Waals surface area contributed by atoms with Crippen LogP contribution in [0.4, 0.5) is 0 Å². The summed E-state index contributed by atoms with van der Waals surface area (Å²) in [6, 6.07) is 6.61. The van der Waals surface area contributed by atoms with Gasteiger partial charge < -0.3 is 15.2 Å². The Kier molecular flexibility index (Phi) is 7.50. The zero-order chi connectivity index (χ0) is 14.1. The first-order valence-electron chi connectivity index (χ1n) is 5.61. The van der Waals surface area contributed by atoms with Crippen LogP contribution in [0.2, 0.25) is 5.02 Å². The lowest BCUT2D eigenvalue weighted by Gasteiger charge is -2.14. The summed E-state index contributed by atoms with van der Waals surface area (Å²) in [6.07, 6.45) is 0.590. The summed E-state index contributed by atoms with van der Waals surface area (Å²) in [4.78, 5) is 21.6. The van der Waals surface area contributed by atoms with Crippen molar-refractivity contribution >= 4 is 35.7 Å². The molecule has 0 radical (unpaired) electrons. The number of benzene rings is 1.